The van der Waals surface area contributed by atoms with Crippen molar-refractivity contribution < 1.29 is 4.74 Å². The van der Waals surface area contributed by atoms with Crippen molar-refractivity contribution >= 4 is 5.69 Å². The largest absolute Gasteiger partial charge is 0.381 e. The molecule has 1 aliphatic rings. The Balaban J connectivity index is 2.22. The molecule has 1 fully saturated rings. The molecule has 0 unspecified atom stereocenters. The van der Waals surface area contributed by atoms with E-state index in [0.29, 0.717) is 12.6 Å². The van der Waals surface area contributed by atoms with Crippen molar-refractivity contribution in [2.45, 2.75) is 51.2 Å². The Bertz CT molecular complexity index is 430. The summed E-state index contributed by atoms with van der Waals surface area (Å²) in [5.74, 6) is 0. The maximum absolute atomic E-state index is 6.16. The number of benzene rings is 1. The summed E-state index contributed by atoms with van der Waals surface area (Å²) in [5.41, 5.74) is 10.1. The van der Waals surface area contributed by atoms with Crippen LogP contribution in [0.1, 0.15) is 36.8 Å². The first-order valence-electron chi connectivity index (χ1n) is 7.56. The highest BCUT2D eigenvalue weighted by Gasteiger charge is 2.38. The Morgan fingerprint density at radius 3 is 2.20 bits per heavy atom. The zero-order valence-electron chi connectivity index (χ0n) is 13.3. The number of rotatable bonds is 4. The number of nitrogens with two attached hydrogens (primary N) is 1. The maximum Gasteiger partial charge on any atom is 0.0573 e. The average molecular weight is 276 g/mol. The molecule has 0 aliphatic heterocycles. The van der Waals surface area contributed by atoms with E-state index in [1.807, 2.05) is 7.11 Å². The van der Waals surface area contributed by atoms with E-state index < -0.39 is 0 Å². The molecular formula is C17H28N2O. The van der Waals surface area contributed by atoms with Crippen molar-refractivity contribution in [1.82, 2.24) is 0 Å². The van der Waals surface area contributed by atoms with Gasteiger partial charge in [0.1, 0.15) is 0 Å². The molecule has 0 bridgehead atoms. The van der Waals surface area contributed by atoms with Gasteiger partial charge >= 0.3 is 0 Å². The predicted molar refractivity (Wildman–Crippen MR) is 85.4 cm³/mol. The molecule has 0 atom stereocenters. The highest BCUT2D eigenvalue weighted by molar-refractivity contribution is 5.52. The van der Waals surface area contributed by atoms with Crippen LogP contribution in [0.4, 0.5) is 5.69 Å². The number of nitrogens with zero attached hydrogens (tertiary/aromatic N) is 1. The smallest absolute Gasteiger partial charge is 0.0573 e. The van der Waals surface area contributed by atoms with Crippen LogP contribution in [0.5, 0.6) is 0 Å². The molecule has 3 heteroatoms. The van der Waals surface area contributed by atoms with Gasteiger partial charge in [0.2, 0.25) is 0 Å². The first-order valence-corrected chi connectivity index (χ1v) is 7.56. The van der Waals surface area contributed by atoms with E-state index in [9.17, 15) is 0 Å². The molecule has 2 rings (SSSR count). The van der Waals surface area contributed by atoms with Gasteiger partial charge in [-0.05, 0) is 62.8 Å². The molecule has 1 saturated carbocycles. The maximum atomic E-state index is 6.16. The van der Waals surface area contributed by atoms with Crippen molar-refractivity contribution in [2.24, 2.45) is 5.73 Å². The number of likely N-dealkylation sites (N-methyl/N-ethyl adjacent to an activating group) is 1. The second-order valence-electron chi connectivity index (χ2n) is 6.27. The van der Waals surface area contributed by atoms with E-state index in [4.69, 9.17) is 10.5 Å². The molecule has 112 valence electrons. The van der Waals surface area contributed by atoms with Gasteiger partial charge in [0.25, 0.3) is 0 Å². The van der Waals surface area contributed by atoms with Crippen LogP contribution in [0.15, 0.2) is 18.2 Å². The topological polar surface area (TPSA) is 38.5 Å². The fourth-order valence-electron chi connectivity index (χ4n) is 3.46. The summed E-state index contributed by atoms with van der Waals surface area (Å²) in [5, 5.41) is 0. The molecule has 0 amide bonds. The Morgan fingerprint density at radius 1 is 1.20 bits per heavy atom. The number of hydrogen-bond acceptors (Lipinski definition) is 3. The van der Waals surface area contributed by atoms with Gasteiger partial charge in [-0.25, -0.2) is 0 Å². The van der Waals surface area contributed by atoms with E-state index in [1.165, 1.54) is 16.8 Å². The molecule has 0 heterocycles. The first-order chi connectivity index (χ1) is 9.50. The number of ether oxygens (including phenoxy) is 1. The van der Waals surface area contributed by atoms with Gasteiger partial charge in [0.15, 0.2) is 0 Å². The third kappa shape index (κ3) is 2.99. The Kier molecular flexibility index (Phi) is 4.71. The number of methoxy groups -OCH3 is 1. The minimum Gasteiger partial charge on any atom is -0.381 e. The molecule has 1 aromatic carbocycles. The average Bonchev–Trinajstić information content (AvgIpc) is 2.45. The van der Waals surface area contributed by atoms with Crippen LogP contribution in [0, 0.1) is 13.8 Å². The lowest BCUT2D eigenvalue weighted by molar-refractivity contribution is 0.0505. The van der Waals surface area contributed by atoms with Crippen LogP contribution in [0.3, 0.4) is 0 Å². The van der Waals surface area contributed by atoms with E-state index in [1.54, 1.807) is 0 Å². The lowest BCUT2D eigenvalue weighted by Gasteiger charge is -2.47. The molecule has 0 aromatic heterocycles. The quantitative estimate of drug-likeness (QED) is 0.918. The van der Waals surface area contributed by atoms with Crippen LogP contribution in [-0.4, -0.2) is 32.3 Å². The van der Waals surface area contributed by atoms with Crippen LogP contribution in [-0.2, 0) is 4.74 Å². The first kappa shape index (κ1) is 15.3. The summed E-state index contributed by atoms with van der Waals surface area (Å²) in [7, 11) is 4.00. The van der Waals surface area contributed by atoms with Crippen LogP contribution >= 0.6 is 0 Å². The van der Waals surface area contributed by atoms with Gasteiger partial charge in [0.05, 0.1) is 11.6 Å². The fourth-order valence-corrected chi connectivity index (χ4v) is 3.46. The lowest BCUT2D eigenvalue weighted by Crippen LogP contribution is -2.55. The van der Waals surface area contributed by atoms with Gasteiger partial charge < -0.3 is 15.4 Å². The molecule has 3 nitrogen and oxygen atoms in total. The van der Waals surface area contributed by atoms with Gasteiger partial charge in [-0.2, -0.15) is 0 Å². The fraction of sp³-hybridized carbons (Fsp3) is 0.647. The summed E-state index contributed by atoms with van der Waals surface area (Å²) in [6.07, 6.45) is 4.81. The van der Waals surface area contributed by atoms with Crippen molar-refractivity contribution in [3.8, 4) is 0 Å². The van der Waals surface area contributed by atoms with Crippen molar-refractivity contribution in [1.29, 1.82) is 0 Å². The predicted octanol–water partition coefficient (Wildman–Crippen LogP) is 3.03. The molecule has 2 N–H and O–H groups in total. The number of hydrogen-bond donors (Lipinski definition) is 1. The van der Waals surface area contributed by atoms with Crippen LogP contribution < -0.4 is 10.6 Å². The van der Waals surface area contributed by atoms with E-state index in [2.05, 4.69) is 44.0 Å². The summed E-state index contributed by atoms with van der Waals surface area (Å²) in [6, 6.07) is 6.73. The molecule has 1 aromatic rings. The van der Waals surface area contributed by atoms with E-state index in [0.717, 1.165) is 25.7 Å². The lowest BCUT2D eigenvalue weighted by atomic mass is 9.79. The Labute approximate surface area is 123 Å². The van der Waals surface area contributed by atoms with Gasteiger partial charge in [-0.1, -0.05) is 6.07 Å². The van der Waals surface area contributed by atoms with Gasteiger partial charge in [-0.3, -0.25) is 0 Å². The summed E-state index contributed by atoms with van der Waals surface area (Å²) < 4.78 is 5.49. The van der Waals surface area contributed by atoms with Crippen molar-refractivity contribution in [3.05, 3.63) is 29.3 Å². The zero-order valence-corrected chi connectivity index (χ0v) is 13.3. The molecule has 20 heavy (non-hydrogen) atoms. The third-order valence-electron chi connectivity index (χ3n) is 4.88. The summed E-state index contributed by atoms with van der Waals surface area (Å²) >= 11 is 0. The molecule has 0 spiro atoms. The SMILES string of the molecule is COC1CCC(CN)(N(C)c2cc(C)cc(C)c2)CC1. The van der Waals surface area contributed by atoms with Crippen LogP contribution in [0.2, 0.25) is 0 Å². The van der Waals surface area contributed by atoms with Gasteiger partial charge in [0, 0.05) is 26.4 Å². The summed E-state index contributed by atoms with van der Waals surface area (Å²) in [4.78, 5) is 2.40. The molecular weight excluding hydrogens is 248 g/mol. The van der Waals surface area contributed by atoms with Gasteiger partial charge in [-0.15, -0.1) is 0 Å². The molecule has 1 aliphatic carbocycles. The Morgan fingerprint density at radius 2 is 1.75 bits per heavy atom. The Hall–Kier alpha value is -1.06. The summed E-state index contributed by atoms with van der Waals surface area (Å²) in [6.45, 7) is 5.01. The number of aryl methyl sites for hydroxylation is 2. The minimum absolute atomic E-state index is 0.0786. The minimum atomic E-state index is 0.0786. The standard InChI is InChI=1S/C17H28N2O/c1-13-9-14(2)11-15(10-13)19(3)17(12-18)7-5-16(20-4)6-8-17/h9-11,16H,5-8,12,18H2,1-4H3. The van der Waals surface area contributed by atoms with E-state index in [-0.39, 0.29) is 5.54 Å². The highest BCUT2D eigenvalue weighted by Crippen LogP contribution is 2.36. The monoisotopic (exact) mass is 276 g/mol. The second kappa shape index (κ2) is 6.15. The highest BCUT2D eigenvalue weighted by atomic mass is 16.5. The third-order valence-corrected chi connectivity index (χ3v) is 4.88. The normalized spacial score (nSPS) is 26.6. The van der Waals surface area contributed by atoms with Crippen molar-refractivity contribution in [2.75, 3.05) is 25.6 Å². The van der Waals surface area contributed by atoms with Crippen LogP contribution in [0.25, 0.3) is 0 Å². The molecule has 0 saturated heterocycles. The van der Waals surface area contributed by atoms with Crippen molar-refractivity contribution in [3.63, 3.8) is 0 Å². The number of anilines is 1. The zero-order chi connectivity index (χ0) is 14.8. The molecule has 0 radical (unpaired) electrons. The van der Waals surface area contributed by atoms with E-state index >= 15 is 0 Å². The second-order valence-corrected chi connectivity index (χ2v) is 6.27.